The number of rotatable bonds is 3. The van der Waals surface area contributed by atoms with E-state index in [2.05, 4.69) is 26.2 Å². The molecule has 0 radical (unpaired) electrons. The molecule has 0 unspecified atom stereocenters. The van der Waals surface area contributed by atoms with Crippen LogP contribution in [0.3, 0.4) is 0 Å². The fourth-order valence-electron chi connectivity index (χ4n) is 1.24. The molecule has 0 aliphatic rings. The molecule has 2 aromatic heterocycles. The van der Waals surface area contributed by atoms with Crippen LogP contribution in [-0.2, 0) is 6.54 Å². The fraction of sp³-hybridized carbons (Fsp3) is 0.222. The standard InChI is InChI=1S/C9H8BrN3OS/c1-2-13-7(5-11-12-13)8(14)9-6(10)3-4-15-9/h3-5H,2H2,1H3. The van der Waals surface area contributed by atoms with E-state index >= 15 is 0 Å². The number of aromatic nitrogens is 3. The zero-order chi connectivity index (χ0) is 10.8. The van der Waals surface area contributed by atoms with Crippen molar-refractivity contribution in [2.75, 3.05) is 0 Å². The predicted octanol–water partition coefficient (Wildman–Crippen LogP) is 2.35. The fourth-order valence-corrected chi connectivity index (χ4v) is 2.74. The Morgan fingerprint density at radius 3 is 3.07 bits per heavy atom. The van der Waals surface area contributed by atoms with Crippen molar-refractivity contribution in [3.63, 3.8) is 0 Å². The second kappa shape index (κ2) is 4.24. The highest BCUT2D eigenvalue weighted by molar-refractivity contribution is 9.10. The number of ketones is 1. The van der Waals surface area contributed by atoms with E-state index in [-0.39, 0.29) is 5.78 Å². The van der Waals surface area contributed by atoms with E-state index < -0.39 is 0 Å². The van der Waals surface area contributed by atoms with Gasteiger partial charge < -0.3 is 0 Å². The third-order valence-electron chi connectivity index (χ3n) is 1.97. The van der Waals surface area contributed by atoms with Crippen LogP contribution in [0, 0.1) is 0 Å². The summed E-state index contributed by atoms with van der Waals surface area (Å²) in [6, 6.07) is 1.86. The maximum absolute atomic E-state index is 12.0. The van der Waals surface area contributed by atoms with Gasteiger partial charge in [0.1, 0.15) is 5.69 Å². The lowest BCUT2D eigenvalue weighted by atomic mass is 10.2. The summed E-state index contributed by atoms with van der Waals surface area (Å²) in [5.74, 6) is -0.0382. The van der Waals surface area contributed by atoms with Gasteiger partial charge in [-0.3, -0.25) is 4.79 Å². The Kier molecular flexibility index (Phi) is 2.97. The molecule has 2 aromatic rings. The number of hydrogen-bond donors (Lipinski definition) is 0. The van der Waals surface area contributed by atoms with Crippen LogP contribution in [0.15, 0.2) is 22.1 Å². The second-order valence-corrected chi connectivity index (χ2v) is 4.63. The molecule has 0 N–H and O–H groups in total. The molecule has 0 bridgehead atoms. The summed E-state index contributed by atoms with van der Waals surface area (Å²) in [7, 11) is 0. The first-order valence-corrected chi connectivity index (χ1v) is 6.07. The largest absolute Gasteiger partial charge is 0.286 e. The molecule has 0 saturated carbocycles. The Balaban J connectivity index is 2.41. The molecule has 0 aromatic carbocycles. The summed E-state index contributed by atoms with van der Waals surface area (Å²) >= 11 is 4.75. The Morgan fingerprint density at radius 1 is 1.67 bits per heavy atom. The first-order chi connectivity index (χ1) is 7.24. The Bertz CT molecular complexity index is 491. The van der Waals surface area contributed by atoms with Crippen molar-refractivity contribution in [1.82, 2.24) is 15.0 Å². The Hall–Kier alpha value is -1.01. The number of halogens is 1. The van der Waals surface area contributed by atoms with Gasteiger partial charge in [0.05, 0.1) is 11.1 Å². The minimum Gasteiger partial charge on any atom is -0.286 e. The zero-order valence-electron chi connectivity index (χ0n) is 7.98. The number of hydrogen-bond acceptors (Lipinski definition) is 4. The van der Waals surface area contributed by atoms with Crippen LogP contribution in [-0.4, -0.2) is 20.8 Å². The van der Waals surface area contributed by atoms with Gasteiger partial charge in [-0.15, -0.1) is 16.4 Å². The van der Waals surface area contributed by atoms with Crippen LogP contribution in [0.1, 0.15) is 22.3 Å². The predicted molar refractivity (Wildman–Crippen MR) is 61.1 cm³/mol. The van der Waals surface area contributed by atoms with Crippen molar-refractivity contribution in [3.8, 4) is 0 Å². The monoisotopic (exact) mass is 285 g/mol. The maximum Gasteiger partial charge on any atom is 0.223 e. The van der Waals surface area contributed by atoms with Crippen LogP contribution < -0.4 is 0 Å². The van der Waals surface area contributed by atoms with Crippen molar-refractivity contribution in [2.45, 2.75) is 13.5 Å². The van der Waals surface area contributed by atoms with Crippen molar-refractivity contribution in [1.29, 1.82) is 0 Å². The zero-order valence-corrected chi connectivity index (χ0v) is 10.4. The summed E-state index contributed by atoms with van der Waals surface area (Å²) < 4.78 is 2.41. The molecular weight excluding hydrogens is 278 g/mol. The van der Waals surface area contributed by atoms with Gasteiger partial charge in [0.25, 0.3) is 0 Å². The highest BCUT2D eigenvalue weighted by Crippen LogP contribution is 2.25. The van der Waals surface area contributed by atoms with Crippen LogP contribution >= 0.6 is 27.3 Å². The summed E-state index contributed by atoms with van der Waals surface area (Å²) in [4.78, 5) is 12.7. The average Bonchev–Trinajstić information content (AvgIpc) is 2.84. The third-order valence-corrected chi connectivity index (χ3v) is 3.81. The van der Waals surface area contributed by atoms with Crippen molar-refractivity contribution >= 4 is 33.0 Å². The SMILES string of the molecule is CCn1nncc1C(=O)c1sccc1Br. The lowest BCUT2D eigenvalue weighted by Gasteiger charge is -2.00. The molecular formula is C9H8BrN3OS. The minimum atomic E-state index is -0.0382. The highest BCUT2D eigenvalue weighted by atomic mass is 79.9. The normalized spacial score (nSPS) is 10.5. The van der Waals surface area contributed by atoms with Gasteiger partial charge in [0.2, 0.25) is 5.78 Å². The van der Waals surface area contributed by atoms with Crippen LogP contribution in [0.4, 0.5) is 0 Å². The van der Waals surface area contributed by atoms with E-state index in [0.29, 0.717) is 17.1 Å². The number of carbonyl (C=O) groups is 1. The lowest BCUT2D eigenvalue weighted by molar-refractivity contribution is 0.103. The van der Waals surface area contributed by atoms with Crippen molar-refractivity contribution < 1.29 is 4.79 Å². The van der Waals surface area contributed by atoms with Crippen LogP contribution in [0.5, 0.6) is 0 Å². The first kappa shape index (κ1) is 10.5. The van der Waals surface area contributed by atoms with Gasteiger partial charge in [-0.25, -0.2) is 4.68 Å². The molecule has 15 heavy (non-hydrogen) atoms. The Labute approximate surface area is 99.0 Å². The second-order valence-electron chi connectivity index (χ2n) is 2.86. The molecule has 0 aliphatic heterocycles. The molecule has 0 amide bonds. The molecule has 2 rings (SSSR count). The van der Waals surface area contributed by atoms with Crippen molar-refractivity contribution in [3.05, 3.63) is 32.7 Å². The van der Waals surface area contributed by atoms with E-state index in [1.807, 2.05) is 18.4 Å². The smallest absolute Gasteiger partial charge is 0.223 e. The van der Waals surface area contributed by atoms with Gasteiger partial charge in [-0.2, -0.15) is 0 Å². The lowest BCUT2D eigenvalue weighted by Crippen LogP contribution is -2.09. The van der Waals surface area contributed by atoms with Crippen LogP contribution in [0.2, 0.25) is 0 Å². The van der Waals surface area contributed by atoms with Gasteiger partial charge in [-0.05, 0) is 34.3 Å². The summed E-state index contributed by atoms with van der Waals surface area (Å²) in [6.07, 6.45) is 1.50. The maximum atomic E-state index is 12.0. The van der Waals surface area contributed by atoms with E-state index in [1.54, 1.807) is 4.68 Å². The molecule has 2 heterocycles. The van der Waals surface area contributed by atoms with Gasteiger partial charge in [0, 0.05) is 11.0 Å². The topological polar surface area (TPSA) is 47.8 Å². The summed E-state index contributed by atoms with van der Waals surface area (Å²) in [6.45, 7) is 2.57. The summed E-state index contributed by atoms with van der Waals surface area (Å²) in [5, 5.41) is 9.44. The molecule has 4 nitrogen and oxygen atoms in total. The third kappa shape index (κ3) is 1.87. The average molecular weight is 286 g/mol. The van der Waals surface area contributed by atoms with E-state index in [1.165, 1.54) is 17.5 Å². The van der Waals surface area contributed by atoms with Crippen molar-refractivity contribution in [2.24, 2.45) is 0 Å². The van der Waals surface area contributed by atoms with Crippen LogP contribution in [0.25, 0.3) is 0 Å². The molecule has 0 fully saturated rings. The highest BCUT2D eigenvalue weighted by Gasteiger charge is 2.18. The van der Waals surface area contributed by atoms with Gasteiger partial charge >= 0.3 is 0 Å². The number of thiophene rings is 1. The van der Waals surface area contributed by atoms with E-state index in [9.17, 15) is 4.79 Å². The molecule has 0 aliphatic carbocycles. The first-order valence-electron chi connectivity index (χ1n) is 4.40. The minimum absolute atomic E-state index is 0.0382. The summed E-state index contributed by atoms with van der Waals surface area (Å²) in [5.41, 5.74) is 0.528. The molecule has 0 saturated heterocycles. The molecule has 78 valence electrons. The molecule has 6 heteroatoms. The Morgan fingerprint density at radius 2 is 2.47 bits per heavy atom. The molecule has 0 atom stereocenters. The number of aryl methyl sites for hydroxylation is 1. The van der Waals surface area contributed by atoms with Gasteiger partial charge in [-0.1, -0.05) is 5.21 Å². The quantitative estimate of drug-likeness (QED) is 0.814. The number of carbonyl (C=O) groups excluding carboxylic acids is 1. The van der Waals surface area contributed by atoms with Gasteiger partial charge in [0.15, 0.2) is 0 Å². The van der Waals surface area contributed by atoms with E-state index in [4.69, 9.17) is 0 Å². The van der Waals surface area contributed by atoms with E-state index in [0.717, 1.165) is 4.47 Å². The number of nitrogens with zero attached hydrogens (tertiary/aromatic N) is 3. The molecule has 0 spiro atoms.